The molecule has 7 nitrogen and oxygen atoms in total. The summed E-state index contributed by atoms with van der Waals surface area (Å²) in [5.74, 6) is 1.04. The van der Waals surface area contributed by atoms with Gasteiger partial charge in [-0.25, -0.2) is 0 Å². The molecule has 0 aromatic heterocycles. The third-order valence-electron chi connectivity index (χ3n) is 6.92. The van der Waals surface area contributed by atoms with Crippen molar-refractivity contribution in [2.45, 2.75) is 32.2 Å². The predicted molar refractivity (Wildman–Crippen MR) is 117 cm³/mol. The molecule has 2 aliphatic heterocycles. The molecule has 164 valence electrons. The van der Waals surface area contributed by atoms with Crippen molar-refractivity contribution in [3.05, 3.63) is 23.8 Å². The number of Topliss-reactive ketones (excluding diaryl/α,β-unsaturated/α-hetero) is 1. The van der Waals surface area contributed by atoms with Crippen LogP contribution in [-0.2, 0) is 4.79 Å². The van der Waals surface area contributed by atoms with Crippen LogP contribution in [0.3, 0.4) is 0 Å². The average Bonchev–Trinajstić information content (AvgIpc) is 2.73. The monoisotopic (exact) mass is 414 g/mol. The second-order valence-electron chi connectivity index (χ2n) is 8.71. The van der Waals surface area contributed by atoms with Gasteiger partial charge in [0.25, 0.3) is 0 Å². The van der Waals surface area contributed by atoms with E-state index in [1.807, 2.05) is 23.1 Å². The van der Waals surface area contributed by atoms with Gasteiger partial charge in [0.2, 0.25) is 5.91 Å². The molecule has 0 unspecified atom stereocenters. The van der Waals surface area contributed by atoms with E-state index in [4.69, 9.17) is 4.74 Å². The fraction of sp³-hybridized carbons (Fsp3) is 0.652. The molecule has 2 heterocycles. The smallest absolute Gasteiger partial charge is 0.236 e. The van der Waals surface area contributed by atoms with Crippen molar-refractivity contribution in [1.82, 2.24) is 14.7 Å². The van der Waals surface area contributed by atoms with E-state index in [9.17, 15) is 9.59 Å². The van der Waals surface area contributed by atoms with E-state index in [2.05, 4.69) is 14.7 Å². The third-order valence-corrected chi connectivity index (χ3v) is 6.92. The van der Waals surface area contributed by atoms with E-state index in [-0.39, 0.29) is 11.7 Å². The first-order valence-electron chi connectivity index (χ1n) is 11.2. The summed E-state index contributed by atoms with van der Waals surface area (Å²) in [7, 11) is 1.64. The van der Waals surface area contributed by atoms with Gasteiger partial charge in [-0.1, -0.05) is 6.42 Å². The zero-order valence-corrected chi connectivity index (χ0v) is 18.3. The maximum absolute atomic E-state index is 12.8. The molecule has 0 bridgehead atoms. The summed E-state index contributed by atoms with van der Waals surface area (Å²) in [6.07, 6.45) is 4.03. The van der Waals surface area contributed by atoms with E-state index < -0.39 is 0 Å². The number of ether oxygens (including phenoxy) is 1. The Bertz CT molecular complexity index is 764. The van der Waals surface area contributed by atoms with Crippen LogP contribution in [0.15, 0.2) is 18.2 Å². The highest BCUT2D eigenvalue weighted by molar-refractivity contribution is 5.95. The lowest BCUT2D eigenvalue weighted by atomic mass is 9.91. The lowest BCUT2D eigenvalue weighted by molar-refractivity contribution is -0.134. The Labute approximate surface area is 179 Å². The van der Waals surface area contributed by atoms with Gasteiger partial charge in [0.15, 0.2) is 5.78 Å². The fourth-order valence-corrected chi connectivity index (χ4v) is 4.68. The number of rotatable bonds is 6. The lowest BCUT2D eigenvalue weighted by Gasteiger charge is -2.43. The summed E-state index contributed by atoms with van der Waals surface area (Å²) in [5.41, 5.74) is 1.68. The quantitative estimate of drug-likeness (QED) is 0.661. The van der Waals surface area contributed by atoms with E-state index >= 15 is 0 Å². The standard InChI is InChI=1S/C23H34N4O3/c1-18(28)19-6-7-21(22(16-19)30-2)26-10-8-24(9-11-26)17-23(29)27-14-12-25(13-15-27)20-4-3-5-20/h6-7,16,20H,3-5,8-15,17H2,1-2H3. The van der Waals surface area contributed by atoms with Gasteiger partial charge in [0.1, 0.15) is 5.75 Å². The highest BCUT2D eigenvalue weighted by Gasteiger charge is 2.30. The van der Waals surface area contributed by atoms with E-state index in [0.717, 1.165) is 69.8 Å². The molecule has 30 heavy (non-hydrogen) atoms. The normalized spacial score (nSPS) is 21.4. The first-order chi connectivity index (χ1) is 14.5. The van der Waals surface area contributed by atoms with Crippen molar-refractivity contribution < 1.29 is 14.3 Å². The van der Waals surface area contributed by atoms with Gasteiger partial charge in [-0.15, -0.1) is 0 Å². The average molecular weight is 415 g/mol. The van der Waals surface area contributed by atoms with Crippen molar-refractivity contribution in [3.63, 3.8) is 0 Å². The van der Waals surface area contributed by atoms with E-state index in [1.54, 1.807) is 14.0 Å². The summed E-state index contributed by atoms with van der Waals surface area (Å²) in [6, 6.07) is 6.42. The molecule has 0 N–H and O–H groups in total. The molecule has 0 spiro atoms. The van der Waals surface area contributed by atoms with Gasteiger partial charge < -0.3 is 14.5 Å². The number of methoxy groups -OCH3 is 1. The Hall–Kier alpha value is -2.12. The van der Waals surface area contributed by atoms with Gasteiger partial charge in [0, 0.05) is 64.0 Å². The van der Waals surface area contributed by atoms with Crippen molar-refractivity contribution in [2.24, 2.45) is 0 Å². The van der Waals surface area contributed by atoms with Crippen LogP contribution in [0.25, 0.3) is 0 Å². The number of carbonyl (C=O) groups excluding carboxylic acids is 2. The molecule has 3 aliphatic rings. The molecule has 1 aromatic rings. The minimum atomic E-state index is 0.0386. The van der Waals surface area contributed by atoms with Crippen molar-refractivity contribution in [1.29, 1.82) is 0 Å². The van der Waals surface area contributed by atoms with E-state index in [1.165, 1.54) is 19.3 Å². The lowest BCUT2D eigenvalue weighted by Crippen LogP contribution is -2.56. The molecule has 1 saturated carbocycles. The molecule has 1 amide bonds. The number of piperazine rings is 2. The van der Waals surface area contributed by atoms with Gasteiger partial charge in [-0.3, -0.25) is 19.4 Å². The highest BCUT2D eigenvalue weighted by atomic mass is 16.5. The number of carbonyl (C=O) groups is 2. The maximum Gasteiger partial charge on any atom is 0.236 e. The van der Waals surface area contributed by atoms with Crippen LogP contribution < -0.4 is 9.64 Å². The van der Waals surface area contributed by atoms with Crippen LogP contribution in [0.4, 0.5) is 5.69 Å². The topological polar surface area (TPSA) is 56.3 Å². The van der Waals surface area contributed by atoms with Crippen LogP contribution in [-0.4, -0.2) is 98.4 Å². The van der Waals surface area contributed by atoms with Crippen molar-refractivity contribution in [2.75, 3.05) is 70.9 Å². The van der Waals surface area contributed by atoms with Crippen LogP contribution in [0.1, 0.15) is 36.5 Å². The summed E-state index contributed by atoms with van der Waals surface area (Å²) in [5, 5.41) is 0. The van der Waals surface area contributed by atoms with Crippen LogP contribution >= 0.6 is 0 Å². The minimum absolute atomic E-state index is 0.0386. The number of amides is 1. The third kappa shape index (κ3) is 4.62. The minimum Gasteiger partial charge on any atom is -0.495 e. The van der Waals surface area contributed by atoms with Gasteiger partial charge in [0.05, 0.1) is 19.3 Å². The Morgan fingerprint density at radius 2 is 1.70 bits per heavy atom. The summed E-state index contributed by atoms with van der Waals surface area (Å²) >= 11 is 0. The maximum atomic E-state index is 12.8. The largest absolute Gasteiger partial charge is 0.495 e. The number of hydrogen-bond donors (Lipinski definition) is 0. The second kappa shape index (κ2) is 9.35. The van der Waals surface area contributed by atoms with Crippen molar-refractivity contribution in [3.8, 4) is 5.75 Å². The Kier molecular flexibility index (Phi) is 6.58. The molecule has 1 aliphatic carbocycles. The molecule has 2 saturated heterocycles. The van der Waals surface area contributed by atoms with Gasteiger partial charge in [-0.2, -0.15) is 0 Å². The molecular weight excluding hydrogens is 380 g/mol. The summed E-state index contributed by atoms with van der Waals surface area (Å²) < 4.78 is 5.53. The summed E-state index contributed by atoms with van der Waals surface area (Å²) in [4.78, 5) is 33.6. The highest BCUT2D eigenvalue weighted by Crippen LogP contribution is 2.30. The molecule has 4 rings (SSSR count). The first kappa shape index (κ1) is 21.1. The van der Waals surface area contributed by atoms with Crippen molar-refractivity contribution >= 4 is 17.4 Å². The molecule has 1 aromatic carbocycles. The molecular formula is C23H34N4O3. The zero-order valence-electron chi connectivity index (χ0n) is 18.3. The SMILES string of the molecule is COc1cc(C(C)=O)ccc1N1CCN(CC(=O)N2CCN(C3CCC3)CC2)CC1. The Morgan fingerprint density at radius 3 is 2.27 bits per heavy atom. The number of ketones is 1. The molecule has 7 heteroatoms. The molecule has 3 fully saturated rings. The number of nitrogens with zero attached hydrogens (tertiary/aromatic N) is 4. The Balaban J connectivity index is 1.26. The summed E-state index contributed by atoms with van der Waals surface area (Å²) in [6.45, 7) is 9.27. The molecule has 0 atom stereocenters. The van der Waals surface area contributed by atoms with Crippen LogP contribution in [0.2, 0.25) is 0 Å². The van der Waals surface area contributed by atoms with Crippen LogP contribution in [0, 0.1) is 0 Å². The fourth-order valence-electron chi connectivity index (χ4n) is 4.68. The number of hydrogen-bond acceptors (Lipinski definition) is 6. The first-order valence-corrected chi connectivity index (χ1v) is 11.2. The van der Waals surface area contributed by atoms with E-state index in [0.29, 0.717) is 12.1 Å². The zero-order chi connectivity index (χ0) is 21.1. The number of benzene rings is 1. The van der Waals surface area contributed by atoms with Gasteiger partial charge in [-0.05, 0) is 38.0 Å². The molecule has 0 radical (unpaired) electrons. The number of anilines is 1. The second-order valence-corrected chi connectivity index (χ2v) is 8.71. The van der Waals surface area contributed by atoms with Crippen LogP contribution in [0.5, 0.6) is 5.75 Å². The Morgan fingerprint density at radius 1 is 1.00 bits per heavy atom. The van der Waals surface area contributed by atoms with Gasteiger partial charge >= 0.3 is 0 Å². The predicted octanol–water partition coefficient (Wildman–Crippen LogP) is 1.72.